The van der Waals surface area contributed by atoms with Gasteiger partial charge >= 0.3 is 0 Å². The summed E-state index contributed by atoms with van der Waals surface area (Å²) in [6.45, 7) is 6.14. The maximum Gasteiger partial charge on any atom is 0.259 e. The molecule has 0 bridgehead atoms. The van der Waals surface area contributed by atoms with Crippen LogP contribution in [0.15, 0.2) is 18.3 Å². The standard InChI is InChI=1S/C18H27N3O3/c1-2-24-16-15(7-5-9-19-16)17(22)21-12-6-8-18(23,14-21)13-20-10-3-4-11-20/h5,7,9,23H,2-4,6,8,10-14H2,1H3/t18-/m0/s1. The Morgan fingerprint density at radius 1 is 1.33 bits per heavy atom. The molecule has 24 heavy (non-hydrogen) atoms. The maximum absolute atomic E-state index is 12.9. The highest BCUT2D eigenvalue weighted by Gasteiger charge is 2.38. The zero-order valence-electron chi connectivity index (χ0n) is 14.4. The molecule has 0 saturated carbocycles. The van der Waals surface area contributed by atoms with Gasteiger partial charge in [0.15, 0.2) is 0 Å². The Hall–Kier alpha value is -1.66. The molecule has 0 radical (unpaired) electrons. The topological polar surface area (TPSA) is 65.9 Å². The molecule has 1 aromatic rings. The zero-order valence-corrected chi connectivity index (χ0v) is 14.4. The van der Waals surface area contributed by atoms with Crippen molar-refractivity contribution in [1.82, 2.24) is 14.8 Å². The third kappa shape index (κ3) is 3.87. The molecule has 6 nitrogen and oxygen atoms in total. The third-order valence-corrected chi connectivity index (χ3v) is 4.84. The van der Waals surface area contributed by atoms with Crippen LogP contribution < -0.4 is 4.74 Å². The van der Waals surface area contributed by atoms with Crippen molar-refractivity contribution >= 4 is 5.91 Å². The summed E-state index contributed by atoms with van der Waals surface area (Å²) < 4.78 is 5.48. The number of amides is 1. The van der Waals surface area contributed by atoms with Crippen molar-refractivity contribution in [3.8, 4) is 5.88 Å². The molecule has 2 aliphatic heterocycles. The molecule has 2 fully saturated rings. The molecule has 1 amide bonds. The molecule has 3 heterocycles. The molecule has 2 aliphatic rings. The Kier molecular flexibility index (Phi) is 5.36. The van der Waals surface area contributed by atoms with Crippen molar-refractivity contribution in [3.05, 3.63) is 23.9 Å². The first-order valence-corrected chi connectivity index (χ1v) is 8.93. The number of hydrogen-bond acceptors (Lipinski definition) is 5. The minimum atomic E-state index is -0.813. The van der Waals surface area contributed by atoms with Crippen molar-refractivity contribution in [2.24, 2.45) is 0 Å². The van der Waals surface area contributed by atoms with Crippen molar-refractivity contribution in [3.63, 3.8) is 0 Å². The van der Waals surface area contributed by atoms with E-state index in [0.29, 0.717) is 37.7 Å². The average molecular weight is 333 g/mol. The second-order valence-electron chi connectivity index (χ2n) is 6.83. The van der Waals surface area contributed by atoms with Gasteiger partial charge in [0.25, 0.3) is 5.91 Å². The Morgan fingerprint density at radius 2 is 2.12 bits per heavy atom. The molecule has 3 rings (SSSR count). The molecule has 2 saturated heterocycles. The monoisotopic (exact) mass is 333 g/mol. The number of rotatable bonds is 5. The fraction of sp³-hybridized carbons (Fsp3) is 0.667. The van der Waals surface area contributed by atoms with E-state index in [2.05, 4.69) is 9.88 Å². The van der Waals surface area contributed by atoms with Gasteiger partial charge in [0.05, 0.1) is 18.8 Å². The minimum Gasteiger partial charge on any atom is -0.477 e. The number of likely N-dealkylation sites (tertiary alicyclic amines) is 2. The summed E-state index contributed by atoms with van der Waals surface area (Å²) in [6.07, 6.45) is 5.60. The average Bonchev–Trinajstić information content (AvgIpc) is 3.07. The highest BCUT2D eigenvalue weighted by molar-refractivity contribution is 5.96. The predicted molar refractivity (Wildman–Crippen MR) is 91.2 cm³/mol. The lowest BCUT2D eigenvalue weighted by molar-refractivity contribution is -0.0431. The summed E-state index contributed by atoms with van der Waals surface area (Å²) in [5.41, 5.74) is -0.337. The van der Waals surface area contributed by atoms with E-state index in [1.54, 1.807) is 23.2 Å². The van der Waals surface area contributed by atoms with E-state index >= 15 is 0 Å². The molecule has 0 unspecified atom stereocenters. The predicted octanol–water partition coefficient (Wildman–Crippen LogP) is 1.54. The molecule has 6 heteroatoms. The van der Waals surface area contributed by atoms with Gasteiger partial charge in [-0.2, -0.15) is 0 Å². The summed E-state index contributed by atoms with van der Waals surface area (Å²) in [5, 5.41) is 11.0. The molecule has 132 valence electrons. The van der Waals surface area contributed by atoms with Gasteiger partial charge in [-0.25, -0.2) is 4.98 Å². The molecule has 0 aromatic carbocycles. The molecular weight excluding hydrogens is 306 g/mol. The van der Waals surface area contributed by atoms with E-state index in [9.17, 15) is 9.90 Å². The number of piperidine rings is 1. The highest BCUT2D eigenvalue weighted by atomic mass is 16.5. The molecule has 0 spiro atoms. The van der Waals surface area contributed by atoms with Crippen LogP contribution in [-0.4, -0.2) is 70.7 Å². The zero-order chi connectivity index (χ0) is 17.0. The first-order valence-electron chi connectivity index (χ1n) is 8.93. The van der Waals surface area contributed by atoms with Gasteiger partial charge in [-0.05, 0) is 57.8 Å². The van der Waals surface area contributed by atoms with Crippen molar-refractivity contribution in [2.75, 3.05) is 39.3 Å². The van der Waals surface area contributed by atoms with Crippen molar-refractivity contribution < 1.29 is 14.6 Å². The Labute approximate surface area is 143 Å². The number of hydrogen-bond donors (Lipinski definition) is 1. The normalized spacial score (nSPS) is 25.0. The summed E-state index contributed by atoms with van der Waals surface area (Å²) in [4.78, 5) is 21.1. The minimum absolute atomic E-state index is 0.105. The van der Waals surface area contributed by atoms with Crippen LogP contribution in [0.25, 0.3) is 0 Å². The van der Waals surface area contributed by atoms with Gasteiger partial charge in [-0.15, -0.1) is 0 Å². The first-order chi connectivity index (χ1) is 11.6. The van der Waals surface area contributed by atoms with E-state index in [0.717, 1.165) is 25.9 Å². The van der Waals surface area contributed by atoms with Crippen LogP contribution >= 0.6 is 0 Å². The number of ether oxygens (including phenoxy) is 1. The molecule has 1 N–H and O–H groups in total. The van der Waals surface area contributed by atoms with Gasteiger partial charge in [0.2, 0.25) is 5.88 Å². The van der Waals surface area contributed by atoms with E-state index in [4.69, 9.17) is 4.74 Å². The highest BCUT2D eigenvalue weighted by Crippen LogP contribution is 2.26. The number of aliphatic hydroxyl groups is 1. The second-order valence-corrected chi connectivity index (χ2v) is 6.83. The van der Waals surface area contributed by atoms with E-state index in [1.807, 2.05) is 6.92 Å². The number of carbonyl (C=O) groups is 1. The number of carbonyl (C=O) groups excluding carboxylic acids is 1. The maximum atomic E-state index is 12.9. The van der Waals surface area contributed by atoms with Gasteiger partial charge < -0.3 is 19.6 Å². The molecule has 1 aromatic heterocycles. The lowest BCUT2D eigenvalue weighted by atomic mass is 9.91. The van der Waals surface area contributed by atoms with Crippen LogP contribution in [-0.2, 0) is 0 Å². The van der Waals surface area contributed by atoms with Gasteiger partial charge in [0, 0.05) is 19.3 Å². The largest absolute Gasteiger partial charge is 0.477 e. The SMILES string of the molecule is CCOc1ncccc1C(=O)N1CCC[C@](O)(CN2CCCC2)C1. The lowest BCUT2D eigenvalue weighted by Gasteiger charge is -2.41. The van der Waals surface area contributed by atoms with Crippen molar-refractivity contribution in [1.29, 1.82) is 0 Å². The van der Waals surface area contributed by atoms with Gasteiger partial charge in [-0.1, -0.05) is 0 Å². The first kappa shape index (κ1) is 17.2. The number of pyridine rings is 1. The number of aromatic nitrogens is 1. The Balaban J connectivity index is 1.70. The van der Waals surface area contributed by atoms with Gasteiger partial charge in [0.1, 0.15) is 5.56 Å². The van der Waals surface area contributed by atoms with Crippen LogP contribution in [0.3, 0.4) is 0 Å². The van der Waals surface area contributed by atoms with Crippen LogP contribution in [0.4, 0.5) is 0 Å². The fourth-order valence-electron chi connectivity index (χ4n) is 3.75. The number of nitrogens with zero attached hydrogens (tertiary/aromatic N) is 3. The quantitative estimate of drug-likeness (QED) is 0.885. The summed E-state index contributed by atoms with van der Waals surface area (Å²) in [5.74, 6) is 0.268. The smallest absolute Gasteiger partial charge is 0.259 e. The molecule has 1 atom stereocenters. The molecular formula is C18H27N3O3. The molecule has 0 aliphatic carbocycles. The fourth-order valence-corrected chi connectivity index (χ4v) is 3.75. The number of β-amino-alcohol motifs (C(OH)–C–C–N with tert-alkyl or cyclic N) is 1. The van der Waals surface area contributed by atoms with Crippen LogP contribution in [0, 0.1) is 0 Å². The Bertz CT molecular complexity index is 574. The van der Waals surface area contributed by atoms with E-state index in [-0.39, 0.29) is 5.91 Å². The third-order valence-electron chi connectivity index (χ3n) is 4.84. The van der Waals surface area contributed by atoms with E-state index < -0.39 is 5.60 Å². The lowest BCUT2D eigenvalue weighted by Crippen LogP contribution is -2.55. The second kappa shape index (κ2) is 7.49. The summed E-state index contributed by atoms with van der Waals surface area (Å²) >= 11 is 0. The van der Waals surface area contributed by atoms with Crippen molar-refractivity contribution in [2.45, 2.75) is 38.2 Å². The van der Waals surface area contributed by atoms with E-state index in [1.165, 1.54) is 12.8 Å². The van der Waals surface area contributed by atoms with Crippen LogP contribution in [0.2, 0.25) is 0 Å². The van der Waals surface area contributed by atoms with Crippen LogP contribution in [0.5, 0.6) is 5.88 Å². The summed E-state index contributed by atoms with van der Waals surface area (Å²) in [7, 11) is 0. The Morgan fingerprint density at radius 3 is 2.88 bits per heavy atom. The van der Waals surface area contributed by atoms with Crippen LogP contribution in [0.1, 0.15) is 43.0 Å². The van der Waals surface area contributed by atoms with Gasteiger partial charge in [-0.3, -0.25) is 4.79 Å². The summed E-state index contributed by atoms with van der Waals surface area (Å²) in [6, 6.07) is 3.49.